The molecule has 1 heterocycles. The summed E-state index contributed by atoms with van der Waals surface area (Å²) in [5.41, 5.74) is 1.28. The maximum Gasteiger partial charge on any atom is 0.257 e. The van der Waals surface area contributed by atoms with Gasteiger partial charge in [-0.15, -0.1) is 0 Å². The zero-order valence-electron chi connectivity index (χ0n) is 17.9. The molecule has 3 rings (SSSR count). The fraction of sp³-hybridized carbons (Fsp3) is 0.208. The molecule has 3 N–H and O–H groups in total. The lowest BCUT2D eigenvalue weighted by atomic mass is 10.1. The topological polar surface area (TPSA) is 92.6 Å². The van der Waals surface area contributed by atoms with Gasteiger partial charge in [-0.1, -0.05) is 32.0 Å². The molecule has 0 fully saturated rings. The van der Waals surface area contributed by atoms with E-state index >= 15 is 0 Å². The van der Waals surface area contributed by atoms with Gasteiger partial charge in [0.25, 0.3) is 11.8 Å². The Morgan fingerprint density at radius 2 is 1.84 bits per heavy atom. The number of carbonyl (C=O) groups is 2. The number of amides is 2. The van der Waals surface area contributed by atoms with Crippen LogP contribution in [0.2, 0.25) is 0 Å². The predicted octanol–water partition coefficient (Wildman–Crippen LogP) is 4.37. The van der Waals surface area contributed by atoms with Gasteiger partial charge in [0.05, 0.1) is 30.7 Å². The molecule has 0 aliphatic carbocycles. The van der Waals surface area contributed by atoms with Crippen LogP contribution < -0.4 is 20.7 Å². The van der Waals surface area contributed by atoms with Crippen LogP contribution in [0, 0.1) is 5.92 Å². The summed E-state index contributed by atoms with van der Waals surface area (Å²) >= 11 is 5.29. The van der Waals surface area contributed by atoms with Crippen LogP contribution in [0.3, 0.4) is 0 Å². The Morgan fingerprint density at radius 1 is 1.03 bits per heavy atom. The summed E-state index contributed by atoms with van der Waals surface area (Å²) in [6, 6.07) is 17.3. The number of para-hydroxylation sites is 1. The van der Waals surface area contributed by atoms with Gasteiger partial charge >= 0.3 is 0 Å². The van der Waals surface area contributed by atoms with Crippen LogP contribution >= 0.6 is 12.2 Å². The SMILES string of the molecule is CC(C)COc1cccc(C(=O)NC(=S)Nc2ccccc2C(=O)NCc2ccco2)c1. The summed E-state index contributed by atoms with van der Waals surface area (Å²) in [7, 11) is 0. The first-order valence-corrected chi connectivity index (χ1v) is 10.6. The maximum absolute atomic E-state index is 12.6. The van der Waals surface area contributed by atoms with Crippen molar-refractivity contribution in [3.8, 4) is 5.75 Å². The van der Waals surface area contributed by atoms with Crippen molar-refractivity contribution in [3.05, 3.63) is 83.8 Å². The lowest BCUT2D eigenvalue weighted by Crippen LogP contribution is -2.35. The van der Waals surface area contributed by atoms with Gasteiger partial charge < -0.3 is 19.8 Å². The second-order valence-electron chi connectivity index (χ2n) is 7.45. The molecule has 7 nitrogen and oxygen atoms in total. The van der Waals surface area contributed by atoms with Gasteiger partial charge in [0.1, 0.15) is 11.5 Å². The largest absolute Gasteiger partial charge is 0.493 e. The number of ether oxygens (including phenoxy) is 1. The molecule has 166 valence electrons. The zero-order valence-corrected chi connectivity index (χ0v) is 18.7. The molecule has 0 spiro atoms. The number of thiocarbonyl (C=S) groups is 1. The summed E-state index contributed by atoms with van der Waals surface area (Å²) in [5, 5.41) is 8.43. The Labute approximate surface area is 192 Å². The van der Waals surface area contributed by atoms with E-state index in [0.29, 0.717) is 40.8 Å². The molecular formula is C24H25N3O4S. The van der Waals surface area contributed by atoms with Gasteiger partial charge in [-0.05, 0) is 60.6 Å². The fourth-order valence-corrected chi connectivity index (χ4v) is 2.99. The number of furan rings is 1. The molecule has 2 aromatic carbocycles. The first-order chi connectivity index (χ1) is 15.4. The summed E-state index contributed by atoms with van der Waals surface area (Å²) in [4.78, 5) is 25.2. The van der Waals surface area contributed by atoms with Crippen LogP contribution in [0.1, 0.15) is 40.3 Å². The van der Waals surface area contributed by atoms with Crippen LogP contribution in [0.5, 0.6) is 5.75 Å². The third kappa shape index (κ3) is 6.68. The second kappa shape index (κ2) is 11.1. The van der Waals surface area contributed by atoms with E-state index in [1.807, 2.05) is 0 Å². The van der Waals surface area contributed by atoms with Gasteiger partial charge in [-0.2, -0.15) is 0 Å². The van der Waals surface area contributed by atoms with Crippen molar-refractivity contribution in [2.75, 3.05) is 11.9 Å². The maximum atomic E-state index is 12.6. The smallest absolute Gasteiger partial charge is 0.257 e. The van der Waals surface area contributed by atoms with Crippen LogP contribution in [-0.2, 0) is 6.54 Å². The van der Waals surface area contributed by atoms with E-state index in [2.05, 4.69) is 29.8 Å². The molecule has 0 aliphatic rings. The minimum atomic E-state index is -0.378. The van der Waals surface area contributed by atoms with E-state index < -0.39 is 0 Å². The molecule has 8 heteroatoms. The monoisotopic (exact) mass is 451 g/mol. The molecule has 3 aromatic rings. The molecule has 1 aromatic heterocycles. The van der Waals surface area contributed by atoms with Crippen molar-refractivity contribution < 1.29 is 18.7 Å². The number of rotatable bonds is 8. The highest BCUT2D eigenvalue weighted by Gasteiger charge is 2.14. The van der Waals surface area contributed by atoms with Gasteiger partial charge in [0.2, 0.25) is 0 Å². The number of hydrogen-bond acceptors (Lipinski definition) is 5. The fourth-order valence-electron chi connectivity index (χ4n) is 2.78. The average Bonchev–Trinajstić information content (AvgIpc) is 3.30. The Bertz CT molecular complexity index is 1080. The molecule has 0 saturated carbocycles. The van der Waals surface area contributed by atoms with E-state index in [1.54, 1.807) is 66.9 Å². The van der Waals surface area contributed by atoms with Crippen molar-refractivity contribution in [2.24, 2.45) is 5.92 Å². The molecule has 0 saturated heterocycles. The van der Waals surface area contributed by atoms with Crippen molar-refractivity contribution in [1.82, 2.24) is 10.6 Å². The van der Waals surface area contributed by atoms with E-state index in [0.717, 1.165) is 0 Å². The van der Waals surface area contributed by atoms with Gasteiger partial charge in [-0.25, -0.2) is 0 Å². The summed E-state index contributed by atoms with van der Waals surface area (Å²) in [6.45, 7) is 4.92. The van der Waals surface area contributed by atoms with Gasteiger partial charge in [-0.3, -0.25) is 14.9 Å². The average molecular weight is 452 g/mol. The number of hydrogen-bond donors (Lipinski definition) is 3. The standard InChI is InChI=1S/C24H25N3O4S/c1-16(2)15-31-18-8-5-7-17(13-18)22(28)27-24(32)26-21-11-4-3-10-20(21)23(29)25-14-19-9-6-12-30-19/h3-13,16H,14-15H2,1-2H3,(H,25,29)(H2,26,27,28,32). The highest BCUT2D eigenvalue weighted by molar-refractivity contribution is 7.80. The van der Waals surface area contributed by atoms with E-state index in [4.69, 9.17) is 21.4 Å². The minimum Gasteiger partial charge on any atom is -0.493 e. The van der Waals surface area contributed by atoms with E-state index in [1.165, 1.54) is 0 Å². The second-order valence-corrected chi connectivity index (χ2v) is 7.86. The molecule has 0 bridgehead atoms. The lowest BCUT2D eigenvalue weighted by Gasteiger charge is -2.14. The predicted molar refractivity (Wildman–Crippen MR) is 127 cm³/mol. The Kier molecular flexibility index (Phi) is 7.99. The first-order valence-electron chi connectivity index (χ1n) is 10.2. The molecule has 0 atom stereocenters. The van der Waals surface area contributed by atoms with Crippen LogP contribution in [0.4, 0.5) is 5.69 Å². The Morgan fingerprint density at radius 3 is 2.59 bits per heavy atom. The number of carbonyl (C=O) groups excluding carboxylic acids is 2. The number of anilines is 1. The summed E-state index contributed by atoms with van der Waals surface area (Å²) in [6.07, 6.45) is 1.55. The molecular weight excluding hydrogens is 426 g/mol. The molecule has 0 aliphatic heterocycles. The number of benzene rings is 2. The quantitative estimate of drug-likeness (QED) is 0.441. The van der Waals surface area contributed by atoms with Crippen LogP contribution in [0.15, 0.2) is 71.3 Å². The summed E-state index contributed by atoms with van der Waals surface area (Å²) in [5.74, 6) is 0.960. The van der Waals surface area contributed by atoms with E-state index in [-0.39, 0.29) is 23.5 Å². The normalized spacial score (nSPS) is 10.5. The molecule has 2 amide bonds. The van der Waals surface area contributed by atoms with Crippen molar-refractivity contribution in [2.45, 2.75) is 20.4 Å². The Balaban J connectivity index is 1.61. The molecule has 0 unspecified atom stereocenters. The highest BCUT2D eigenvalue weighted by atomic mass is 32.1. The lowest BCUT2D eigenvalue weighted by molar-refractivity contribution is 0.0947. The Hall–Kier alpha value is -3.65. The summed E-state index contributed by atoms with van der Waals surface area (Å²) < 4.78 is 10.9. The van der Waals surface area contributed by atoms with Crippen molar-refractivity contribution in [3.63, 3.8) is 0 Å². The molecule has 32 heavy (non-hydrogen) atoms. The zero-order chi connectivity index (χ0) is 22.9. The first kappa shape index (κ1) is 23.0. The number of nitrogens with one attached hydrogen (secondary N) is 3. The van der Waals surface area contributed by atoms with Crippen LogP contribution in [0.25, 0.3) is 0 Å². The van der Waals surface area contributed by atoms with Gasteiger partial charge in [0, 0.05) is 5.56 Å². The van der Waals surface area contributed by atoms with Crippen LogP contribution in [-0.4, -0.2) is 23.5 Å². The van der Waals surface area contributed by atoms with E-state index in [9.17, 15) is 9.59 Å². The minimum absolute atomic E-state index is 0.0785. The van der Waals surface area contributed by atoms with Crippen molar-refractivity contribution >= 4 is 34.8 Å². The highest BCUT2D eigenvalue weighted by Crippen LogP contribution is 2.17. The van der Waals surface area contributed by atoms with Gasteiger partial charge in [0.15, 0.2) is 5.11 Å². The third-order valence-corrected chi connectivity index (χ3v) is 4.53. The van der Waals surface area contributed by atoms with Crippen molar-refractivity contribution in [1.29, 1.82) is 0 Å². The molecule has 0 radical (unpaired) electrons. The third-order valence-electron chi connectivity index (χ3n) is 4.33.